The normalized spacial score (nSPS) is 15.6. The largest absolute Gasteiger partial charge is 0.465 e. The second kappa shape index (κ2) is 5.55. The Morgan fingerprint density at radius 2 is 2.14 bits per heavy atom. The lowest BCUT2D eigenvalue weighted by molar-refractivity contribution is 0.351. The number of pyridine rings is 1. The number of aromatic nitrogens is 1. The molecule has 2 heterocycles. The fourth-order valence-electron chi connectivity index (χ4n) is 2.17. The van der Waals surface area contributed by atoms with Gasteiger partial charge in [0.15, 0.2) is 0 Å². The third kappa shape index (κ3) is 3.20. The van der Waals surface area contributed by atoms with Crippen molar-refractivity contribution in [3.8, 4) is 0 Å². The summed E-state index contributed by atoms with van der Waals surface area (Å²) in [5.41, 5.74) is 0. The highest BCUT2D eigenvalue weighted by atomic mass is 79.9. The molecule has 0 amide bonds. The van der Waals surface area contributed by atoms with Gasteiger partial charge in [0.25, 0.3) is 0 Å². The van der Waals surface area contributed by atoms with E-state index < -0.39 is 10.0 Å². The maximum atomic E-state index is 12.8. The fraction of sp³-hybridized carbons (Fsp3) is 0.357. The summed E-state index contributed by atoms with van der Waals surface area (Å²) in [5, 5.41) is 0. The van der Waals surface area contributed by atoms with Crippen LogP contribution in [0.1, 0.15) is 24.4 Å². The van der Waals surface area contributed by atoms with Gasteiger partial charge in [-0.3, -0.25) is 4.98 Å². The maximum Gasteiger partial charge on any atom is 0.245 e. The molecule has 1 aliphatic rings. The van der Waals surface area contributed by atoms with Gasteiger partial charge in [-0.05, 0) is 53.9 Å². The highest BCUT2D eigenvalue weighted by molar-refractivity contribution is 9.10. The Morgan fingerprint density at radius 3 is 2.71 bits per heavy atom. The lowest BCUT2D eigenvalue weighted by Crippen LogP contribution is -2.32. The van der Waals surface area contributed by atoms with Crippen molar-refractivity contribution < 1.29 is 12.8 Å². The van der Waals surface area contributed by atoms with Gasteiger partial charge in [-0.15, -0.1) is 0 Å². The average Bonchev–Trinajstić information content (AvgIpc) is 3.19. The van der Waals surface area contributed by atoms with E-state index >= 15 is 0 Å². The van der Waals surface area contributed by atoms with E-state index in [4.69, 9.17) is 4.42 Å². The van der Waals surface area contributed by atoms with Gasteiger partial charge in [0.05, 0.1) is 6.54 Å². The van der Waals surface area contributed by atoms with Gasteiger partial charge < -0.3 is 4.42 Å². The van der Waals surface area contributed by atoms with Crippen LogP contribution in [-0.2, 0) is 16.6 Å². The van der Waals surface area contributed by atoms with Crippen molar-refractivity contribution >= 4 is 26.0 Å². The molecule has 3 rings (SSSR count). The highest BCUT2D eigenvalue weighted by Gasteiger charge is 2.38. The Morgan fingerprint density at radius 1 is 1.38 bits per heavy atom. The summed E-state index contributed by atoms with van der Waals surface area (Å²) < 4.78 is 33.3. The molecule has 1 saturated carbocycles. The van der Waals surface area contributed by atoms with Gasteiger partial charge in [-0.1, -0.05) is 0 Å². The molecule has 0 radical (unpaired) electrons. The summed E-state index contributed by atoms with van der Waals surface area (Å²) in [4.78, 5) is 4.15. The number of hydrogen-bond acceptors (Lipinski definition) is 4. The second-order valence-corrected chi connectivity index (χ2v) is 7.94. The standard InChI is InChI=1S/C14H15BrN2O3S/c1-10-2-5-13(20-10)9-17(12-3-4-12)21(18,19)14-6-11(15)7-16-8-14/h2,5-8,12H,3-4,9H2,1H3. The zero-order valence-corrected chi connectivity index (χ0v) is 13.9. The van der Waals surface area contributed by atoms with Crippen LogP contribution in [0.25, 0.3) is 0 Å². The number of rotatable bonds is 5. The smallest absolute Gasteiger partial charge is 0.245 e. The summed E-state index contributed by atoms with van der Waals surface area (Å²) >= 11 is 3.26. The minimum Gasteiger partial charge on any atom is -0.465 e. The van der Waals surface area contributed by atoms with E-state index in [2.05, 4.69) is 20.9 Å². The Hall–Kier alpha value is -1.18. The molecule has 0 saturated heterocycles. The SMILES string of the molecule is Cc1ccc(CN(C2CC2)S(=O)(=O)c2cncc(Br)c2)o1. The summed E-state index contributed by atoms with van der Waals surface area (Å²) in [5.74, 6) is 1.44. The molecule has 5 nitrogen and oxygen atoms in total. The Kier molecular flexibility index (Phi) is 3.90. The van der Waals surface area contributed by atoms with Gasteiger partial charge in [0.2, 0.25) is 10.0 Å². The summed E-state index contributed by atoms with van der Waals surface area (Å²) in [6.45, 7) is 2.10. The molecule has 2 aromatic heterocycles. The van der Waals surface area contributed by atoms with Crippen molar-refractivity contribution in [2.75, 3.05) is 0 Å². The van der Waals surface area contributed by atoms with E-state index in [9.17, 15) is 8.42 Å². The van der Waals surface area contributed by atoms with Gasteiger partial charge in [0.1, 0.15) is 16.4 Å². The van der Waals surface area contributed by atoms with Gasteiger partial charge >= 0.3 is 0 Å². The van der Waals surface area contributed by atoms with E-state index in [1.54, 1.807) is 12.3 Å². The Bertz CT molecular complexity index is 753. The molecule has 0 aliphatic heterocycles. The zero-order chi connectivity index (χ0) is 15.0. The summed E-state index contributed by atoms with van der Waals surface area (Å²) in [6, 6.07) is 5.29. The van der Waals surface area contributed by atoms with Gasteiger partial charge in [-0.25, -0.2) is 8.42 Å². The first kappa shape index (κ1) is 14.7. The van der Waals surface area contributed by atoms with Crippen LogP contribution in [0.2, 0.25) is 0 Å². The Labute approximate surface area is 132 Å². The molecule has 1 aliphatic carbocycles. The highest BCUT2D eigenvalue weighted by Crippen LogP contribution is 2.34. The minimum absolute atomic E-state index is 0.0550. The van der Waals surface area contributed by atoms with Crippen LogP contribution in [0.5, 0.6) is 0 Å². The summed E-state index contributed by atoms with van der Waals surface area (Å²) in [6.07, 6.45) is 4.72. The number of aryl methyl sites for hydroxylation is 1. The molecular formula is C14H15BrN2O3S. The maximum absolute atomic E-state index is 12.8. The molecule has 0 aromatic carbocycles. The number of sulfonamides is 1. The van der Waals surface area contributed by atoms with Crippen LogP contribution in [0.3, 0.4) is 0 Å². The van der Waals surface area contributed by atoms with Crippen molar-refractivity contribution in [3.05, 3.63) is 46.6 Å². The van der Waals surface area contributed by atoms with Crippen LogP contribution in [-0.4, -0.2) is 23.7 Å². The van der Waals surface area contributed by atoms with Gasteiger partial charge in [-0.2, -0.15) is 4.31 Å². The minimum atomic E-state index is -3.57. The van der Waals surface area contributed by atoms with Crippen molar-refractivity contribution in [2.24, 2.45) is 0 Å². The van der Waals surface area contributed by atoms with Crippen LogP contribution >= 0.6 is 15.9 Å². The topological polar surface area (TPSA) is 63.4 Å². The van der Waals surface area contributed by atoms with E-state index in [-0.39, 0.29) is 17.5 Å². The molecule has 0 unspecified atom stereocenters. The molecule has 0 bridgehead atoms. The van der Waals surface area contributed by atoms with Gasteiger partial charge in [0, 0.05) is 22.9 Å². The predicted octanol–water partition coefficient (Wildman–Crippen LogP) is 3.10. The second-order valence-electron chi connectivity index (χ2n) is 5.13. The van der Waals surface area contributed by atoms with E-state index in [1.165, 1.54) is 10.5 Å². The van der Waals surface area contributed by atoms with Crippen LogP contribution in [0, 0.1) is 6.92 Å². The number of nitrogens with zero attached hydrogens (tertiary/aromatic N) is 2. The molecule has 21 heavy (non-hydrogen) atoms. The first-order chi connectivity index (χ1) is 9.96. The molecule has 0 N–H and O–H groups in total. The predicted molar refractivity (Wildman–Crippen MR) is 81.1 cm³/mol. The van der Waals surface area contributed by atoms with Crippen molar-refractivity contribution in [1.82, 2.24) is 9.29 Å². The average molecular weight is 371 g/mol. The van der Waals surface area contributed by atoms with E-state index in [0.717, 1.165) is 18.6 Å². The third-order valence-electron chi connectivity index (χ3n) is 3.35. The molecule has 2 aromatic rings. The quantitative estimate of drug-likeness (QED) is 0.810. The van der Waals surface area contributed by atoms with Crippen molar-refractivity contribution in [3.63, 3.8) is 0 Å². The number of halogens is 1. The monoisotopic (exact) mass is 370 g/mol. The van der Waals surface area contributed by atoms with Crippen LogP contribution in [0.15, 0.2) is 44.4 Å². The Balaban J connectivity index is 1.93. The first-order valence-electron chi connectivity index (χ1n) is 6.64. The number of hydrogen-bond donors (Lipinski definition) is 0. The van der Waals surface area contributed by atoms with E-state index in [1.807, 2.05) is 19.1 Å². The van der Waals surface area contributed by atoms with Crippen molar-refractivity contribution in [2.45, 2.75) is 37.2 Å². The zero-order valence-electron chi connectivity index (χ0n) is 11.5. The molecule has 0 atom stereocenters. The summed E-state index contributed by atoms with van der Waals surface area (Å²) in [7, 11) is -3.57. The first-order valence-corrected chi connectivity index (χ1v) is 8.88. The van der Waals surface area contributed by atoms with Crippen LogP contribution < -0.4 is 0 Å². The molecular weight excluding hydrogens is 356 g/mol. The van der Waals surface area contributed by atoms with Crippen LogP contribution in [0.4, 0.5) is 0 Å². The fourth-order valence-corrected chi connectivity index (χ4v) is 4.32. The third-order valence-corrected chi connectivity index (χ3v) is 5.65. The molecule has 7 heteroatoms. The molecule has 0 spiro atoms. The lowest BCUT2D eigenvalue weighted by Gasteiger charge is -2.20. The number of furan rings is 1. The molecule has 1 fully saturated rings. The van der Waals surface area contributed by atoms with Crippen molar-refractivity contribution in [1.29, 1.82) is 0 Å². The molecule has 112 valence electrons. The van der Waals surface area contributed by atoms with E-state index in [0.29, 0.717) is 10.2 Å². The lowest BCUT2D eigenvalue weighted by atomic mass is 10.4.